The van der Waals surface area contributed by atoms with Crippen LogP contribution in [-0.4, -0.2) is 29.9 Å². The predicted octanol–water partition coefficient (Wildman–Crippen LogP) is 2.94. The lowest BCUT2D eigenvalue weighted by atomic mass is 10.0. The molecule has 1 aromatic rings. The standard InChI is InChI=1S/C16H23NO5/c1-10-8-11(13(18)9-14(19)21-5)6-7-12(10)17-15(20)22-16(2,3)4/h6-8,13,18H,9H2,1-5H3,(H,17,20). The van der Waals surface area contributed by atoms with Crippen molar-refractivity contribution in [1.29, 1.82) is 0 Å². The van der Waals surface area contributed by atoms with Gasteiger partial charge in [-0.05, 0) is 44.9 Å². The Kier molecular flexibility index (Phi) is 5.93. The van der Waals surface area contributed by atoms with E-state index in [1.807, 2.05) is 0 Å². The van der Waals surface area contributed by atoms with Crippen LogP contribution < -0.4 is 5.32 Å². The number of carbonyl (C=O) groups excluding carboxylic acids is 2. The maximum atomic E-state index is 11.7. The van der Waals surface area contributed by atoms with E-state index in [0.717, 1.165) is 5.56 Å². The van der Waals surface area contributed by atoms with Gasteiger partial charge in [-0.1, -0.05) is 12.1 Å². The fourth-order valence-electron chi connectivity index (χ4n) is 1.81. The van der Waals surface area contributed by atoms with Crippen molar-refractivity contribution in [3.8, 4) is 0 Å². The van der Waals surface area contributed by atoms with E-state index in [0.29, 0.717) is 11.3 Å². The van der Waals surface area contributed by atoms with Gasteiger partial charge >= 0.3 is 12.1 Å². The van der Waals surface area contributed by atoms with Crippen molar-refractivity contribution in [1.82, 2.24) is 0 Å². The number of rotatable bonds is 4. The lowest BCUT2D eigenvalue weighted by molar-refractivity contribution is -0.142. The van der Waals surface area contributed by atoms with Crippen molar-refractivity contribution < 1.29 is 24.2 Å². The Balaban J connectivity index is 2.77. The summed E-state index contributed by atoms with van der Waals surface area (Å²) < 4.78 is 9.70. The van der Waals surface area contributed by atoms with E-state index >= 15 is 0 Å². The van der Waals surface area contributed by atoms with Crippen LogP contribution in [0, 0.1) is 6.92 Å². The second kappa shape index (κ2) is 7.26. The first-order chi connectivity index (χ1) is 10.1. The zero-order chi connectivity index (χ0) is 16.9. The van der Waals surface area contributed by atoms with Crippen molar-refractivity contribution in [2.75, 3.05) is 12.4 Å². The van der Waals surface area contributed by atoms with Crippen LogP contribution in [0.25, 0.3) is 0 Å². The van der Waals surface area contributed by atoms with E-state index in [2.05, 4.69) is 10.1 Å². The first-order valence-corrected chi connectivity index (χ1v) is 6.98. The van der Waals surface area contributed by atoms with Crippen LogP contribution in [0.1, 0.15) is 44.4 Å². The number of aryl methyl sites for hydroxylation is 1. The normalized spacial score (nSPS) is 12.5. The number of ether oxygens (including phenoxy) is 2. The average Bonchev–Trinajstić information content (AvgIpc) is 2.38. The van der Waals surface area contributed by atoms with E-state index in [9.17, 15) is 14.7 Å². The first kappa shape index (κ1) is 18.0. The molecule has 0 saturated carbocycles. The third kappa shape index (κ3) is 5.73. The van der Waals surface area contributed by atoms with Crippen LogP contribution in [0.2, 0.25) is 0 Å². The second-order valence-electron chi connectivity index (χ2n) is 6.00. The molecule has 22 heavy (non-hydrogen) atoms. The molecule has 0 aliphatic rings. The molecule has 0 aromatic heterocycles. The fraction of sp³-hybridized carbons (Fsp3) is 0.500. The Morgan fingerprint density at radius 2 is 1.95 bits per heavy atom. The van der Waals surface area contributed by atoms with Crippen LogP contribution in [0.5, 0.6) is 0 Å². The van der Waals surface area contributed by atoms with Gasteiger partial charge in [0.05, 0.1) is 19.6 Å². The largest absolute Gasteiger partial charge is 0.469 e. The highest BCUT2D eigenvalue weighted by Crippen LogP contribution is 2.23. The molecular weight excluding hydrogens is 286 g/mol. The summed E-state index contributed by atoms with van der Waals surface area (Å²) in [5.41, 5.74) is 1.35. The lowest BCUT2D eigenvalue weighted by Crippen LogP contribution is -2.27. The highest BCUT2D eigenvalue weighted by atomic mass is 16.6. The summed E-state index contributed by atoms with van der Waals surface area (Å²) in [4.78, 5) is 22.9. The van der Waals surface area contributed by atoms with Gasteiger partial charge in [0.25, 0.3) is 0 Å². The zero-order valence-electron chi connectivity index (χ0n) is 13.6. The van der Waals surface area contributed by atoms with Crippen molar-refractivity contribution in [2.24, 2.45) is 0 Å². The van der Waals surface area contributed by atoms with E-state index in [4.69, 9.17) is 4.74 Å². The predicted molar refractivity (Wildman–Crippen MR) is 82.6 cm³/mol. The van der Waals surface area contributed by atoms with E-state index in [1.165, 1.54) is 7.11 Å². The molecule has 0 aliphatic carbocycles. The molecule has 6 nitrogen and oxygen atoms in total. The zero-order valence-corrected chi connectivity index (χ0v) is 13.6. The molecule has 0 bridgehead atoms. The lowest BCUT2D eigenvalue weighted by Gasteiger charge is -2.20. The number of nitrogens with one attached hydrogen (secondary N) is 1. The minimum absolute atomic E-state index is 0.116. The van der Waals surface area contributed by atoms with Gasteiger partial charge in [-0.25, -0.2) is 4.79 Å². The molecule has 0 saturated heterocycles. The Morgan fingerprint density at radius 3 is 2.45 bits per heavy atom. The summed E-state index contributed by atoms with van der Waals surface area (Å²) in [5.74, 6) is -0.485. The molecule has 0 heterocycles. The van der Waals surface area contributed by atoms with Crippen molar-refractivity contribution in [2.45, 2.75) is 45.8 Å². The molecule has 1 rings (SSSR count). The molecule has 1 aromatic carbocycles. The van der Waals surface area contributed by atoms with Crippen molar-refractivity contribution >= 4 is 17.7 Å². The summed E-state index contributed by atoms with van der Waals surface area (Å²) >= 11 is 0. The molecule has 122 valence electrons. The molecule has 1 atom stereocenters. The van der Waals surface area contributed by atoms with Gasteiger partial charge < -0.3 is 14.6 Å². The third-order valence-corrected chi connectivity index (χ3v) is 2.86. The summed E-state index contributed by atoms with van der Waals surface area (Å²) in [6, 6.07) is 5.02. The van der Waals surface area contributed by atoms with E-state index in [-0.39, 0.29) is 6.42 Å². The Morgan fingerprint density at radius 1 is 1.32 bits per heavy atom. The average molecular weight is 309 g/mol. The minimum atomic E-state index is -0.943. The molecule has 0 aliphatic heterocycles. The summed E-state index contributed by atoms with van der Waals surface area (Å²) in [6.45, 7) is 7.14. The fourth-order valence-corrected chi connectivity index (χ4v) is 1.81. The topological polar surface area (TPSA) is 84.9 Å². The van der Waals surface area contributed by atoms with Gasteiger partial charge in [0, 0.05) is 5.69 Å². The summed E-state index contributed by atoms with van der Waals surface area (Å²) in [5, 5.41) is 12.6. The van der Waals surface area contributed by atoms with Crippen LogP contribution in [0.15, 0.2) is 18.2 Å². The molecular formula is C16H23NO5. The molecule has 0 spiro atoms. The smallest absolute Gasteiger partial charge is 0.412 e. The maximum absolute atomic E-state index is 11.7. The summed E-state index contributed by atoms with van der Waals surface area (Å²) in [7, 11) is 1.27. The van der Waals surface area contributed by atoms with Gasteiger partial charge in [-0.3, -0.25) is 10.1 Å². The van der Waals surface area contributed by atoms with Crippen LogP contribution in [-0.2, 0) is 14.3 Å². The number of carbonyl (C=O) groups is 2. The Hall–Kier alpha value is -2.08. The molecule has 2 N–H and O–H groups in total. The quantitative estimate of drug-likeness (QED) is 0.835. The highest BCUT2D eigenvalue weighted by Gasteiger charge is 2.18. The van der Waals surface area contributed by atoms with Gasteiger partial charge in [0.2, 0.25) is 0 Å². The monoisotopic (exact) mass is 309 g/mol. The first-order valence-electron chi connectivity index (χ1n) is 6.98. The minimum Gasteiger partial charge on any atom is -0.469 e. The number of anilines is 1. The van der Waals surface area contributed by atoms with Gasteiger partial charge in [0.1, 0.15) is 5.60 Å². The number of hydrogen-bond acceptors (Lipinski definition) is 5. The molecule has 0 radical (unpaired) electrons. The van der Waals surface area contributed by atoms with Gasteiger partial charge in [-0.15, -0.1) is 0 Å². The number of hydrogen-bond donors (Lipinski definition) is 2. The summed E-state index contributed by atoms with van der Waals surface area (Å²) in [6.07, 6.45) is -1.60. The molecule has 0 fully saturated rings. The number of methoxy groups -OCH3 is 1. The van der Waals surface area contributed by atoms with Crippen molar-refractivity contribution in [3.63, 3.8) is 0 Å². The number of aliphatic hydroxyl groups excluding tert-OH is 1. The Labute approximate surface area is 130 Å². The highest BCUT2D eigenvalue weighted by molar-refractivity contribution is 5.86. The molecule has 1 unspecified atom stereocenters. The number of amides is 1. The van der Waals surface area contributed by atoms with Gasteiger partial charge in [0.15, 0.2) is 0 Å². The second-order valence-corrected chi connectivity index (χ2v) is 6.00. The third-order valence-electron chi connectivity index (χ3n) is 2.86. The number of benzene rings is 1. The number of esters is 1. The molecule has 6 heteroatoms. The number of aliphatic hydroxyl groups is 1. The Bertz CT molecular complexity index is 548. The SMILES string of the molecule is COC(=O)CC(O)c1ccc(NC(=O)OC(C)(C)C)c(C)c1. The van der Waals surface area contributed by atoms with Crippen LogP contribution >= 0.6 is 0 Å². The van der Waals surface area contributed by atoms with Crippen LogP contribution in [0.3, 0.4) is 0 Å². The van der Waals surface area contributed by atoms with Crippen molar-refractivity contribution in [3.05, 3.63) is 29.3 Å². The van der Waals surface area contributed by atoms with Crippen LogP contribution in [0.4, 0.5) is 10.5 Å². The van der Waals surface area contributed by atoms with E-state index in [1.54, 1.807) is 45.9 Å². The molecule has 1 amide bonds. The maximum Gasteiger partial charge on any atom is 0.412 e. The van der Waals surface area contributed by atoms with Gasteiger partial charge in [-0.2, -0.15) is 0 Å². The van der Waals surface area contributed by atoms with E-state index < -0.39 is 23.8 Å².